The van der Waals surface area contributed by atoms with Gasteiger partial charge in [0, 0.05) is 48.9 Å². The van der Waals surface area contributed by atoms with Gasteiger partial charge in [-0.25, -0.2) is 9.97 Å². The first kappa shape index (κ1) is 25.2. The average Bonchev–Trinajstić information content (AvgIpc) is 3.91. The standard InChI is InChI=1S/C30H33N7O2/c1-20-16-32-29(34-24-17-33-37(18-24)25-9-14-36(15-10-25)28(39)23-6-7-23)35-27(20)22-4-2-21(3-5-22)26(38)8-11-30(19-31)12-13-30/h2-5,16-18,23,25H,6-15H2,1H3,(H,32,34,35). The fourth-order valence-electron chi connectivity index (χ4n) is 5.34. The fraction of sp³-hybridized carbons (Fsp3) is 0.467. The number of likely N-dealkylation sites (tertiary alicyclic amines) is 1. The van der Waals surface area contributed by atoms with Gasteiger partial charge in [0.15, 0.2) is 5.78 Å². The summed E-state index contributed by atoms with van der Waals surface area (Å²) in [5.41, 5.74) is 3.86. The Morgan fingerprint density at radius 2 is 1.85 bits per heavy atom. The van der Waals surface area contributed by atoms with E-state index >= 15 is 0 Å². The van der Waals surface area contributed by atoms with Crippen molar-refractivity contribution >= 4 is 23.3 Å². The number of nitrogens with one attached hydrogen (secondary N) is 1. The van der Waals surface area contributed by atoms with Crippen LogP contribution in [0.25, 0.3) is 11.3 Å². The molecule has 1 saturated heterocycles. The first-order chi connectivity index (χ1) is 18.9. The Hall–Kier alpha value is -4.06. The summed E-state index contributed by atoms with van der Waals surface area (Å²) in [5.74, 6) is 1.15. The summed E-state index contributed by atoms with van der Waals surface area (Å²) in [6.07, 6.45) is 12.3. The minimum Gasteiger partial charge on any atom is -0.342 e. The largest absolute Gasteiger partial charge is 0.342 e. The molecular formula is C30H33N7O2. The van der Waals surface area contributed by atoms with Crippen molar-refractivity contribution in [3.63, 3.8) is 0 Å². The Morgan fingerprint density at radius 1 is 1.10 bits per heavy atom. The highest BCUT2D eigenvalue weighted by Crippen LogP contribution is 2.49. The monoisotopic (exact) mass is 523 g/mol. The zero-order valence-corrected chi connectivity index (χ0v) is 22.3. The van der Waals surface area contributed by atoms with Crippen LogP contribution in [0.5, 0.6) is 0 Å². The molecule has 2 aliphatic carbocycles. The smallest absolute Gasteiger partial charge is 0.227 e. The molecule has 3 aliphatic rings. The SMILES string of the molecule is Cc1cnc(Nc2cnn(C3CCN(C(=O)C4CC4)CC3)c2)nc1-c1ccc(C(=O)CCC2(C#N)CC2)cc1. The van der Waals surface area contributed by atoms with E-state index in [0.29, 0.717) is 30.3 Å². The first-order valence-corrected chi connectivity index (χ1v) is 13.9. The summed E-state index contributed by atoms with van der Waals surface area (Å²) in [6, 6.07) is 10.1. The highest BCUT2D eigenvalue weighted by Gasteiger charge is 2.42. The number of ketones is 1. The van der Waals surface area contributed by atoms with E-state index in [1.165, 1.54) is 0 Å². The van der Waals surface area contributed by atoms with E-state index in [1.807, 2.05) is 47.0 Å². The number of aryl methyl sites for hydroxylation is 1. The van der Waals surface area contributed by atoms with E-state index in [4.69, 9.17) is 4.98 Å². The van der Waals surface area contributed by atoms with Crippen LogP contribution in [-0.4, -0.2) is 49.4 Å². The van der Waals surface area contributed by atoms with Gasteiger partial charge >= 0.3 is 0 Å². The number of benzene rings is 1. The van der Waals surface area contributed by atoms with Crippen LogP contribution in [0.2, 0.25) is 0 Å². The first-order valence-electron chi connectivity index (χ1n) is 13.9. The van der Waals surface area contributed by atoms with Crippen molar-refractivity contribution in [2.45, 2.75) is 64.3 Å². The molecule has 9 heteroatoms. The highest BCUT2D eigenvalue weighted by molar-refractivity contribution is 5.96. The number of nitriles is 1. The van der Waals surface area contributed by atoms with Crippen molar-refractivity contribution in [2.75, 3.05) is 18.4 Å². The van der Waals surface area contributed by atoms with Gasteiger partial charge in [-0.3, -0.25) is 14.3 Å². The maximum absolute atomic E-state index is 12.6. The number of Topliss-reactive ketones (excluding diaryl/α,β-unsaturated/α-hetero) is 1. The lowest BCUT2D eigenvalue weighted by Gasteiger charge is -2.32. The number of carbonyl (C=O) groups excluding carboxylic acids is 2. The van der Waals surface area contributed by atoms with Crippen LogP contribution in [0, 0.1) is 29.6 Å². The van der Waals surface area contributed by atoms with Crippen LogP contribution in [0.15, 0.2) is 42.9 Å². The lowest BCUT2D eigenvalue weighted by molar-refractivity contribution is -0.133. The van der Waals surface area contributed by atoms with Gasteiger partial charge in [-0.2, -0.15) is 10.4 Å². The topological polar surface area (TPSA) is 117 Å². The van der Waals surface area contributed by atoms with Gasteiger partial charge in [-0.1, -0.05) is 24.3 Å². The van der Waals surface area contributed by atoms with E-state index in [1.54, 1.807) is 12.4 Å². The Morgan fingerprint density at radius 3 is 2.51 bits per heavy atom. The number of piperidine rings is 1. The third-order valence-corrected chi connectivity index (χ3v) is 8.31. The number of nitrogens with zero attached hydrogens (tertiary/aromatic N) is 6. The summed E-state index contributed by atoms with van der Waals surface area (Å²) in [7, 11) is 0. The lowest BCUT2D eigenvalue weighted by atomic mass is 9.96. The Bertz CT molecular complexity index is 1420. The second-order valence-electron chi connectivity index (χ2n) is 11.3. The molecule has 0 radical (unpaired) electrons. The Kier molecular flexibility index (Phi) is 6.63. The van der Waals surface area contributed by atoms with E-state index < -0.39 is 0 Å². The molecule has 2 aromatic heterocycles. The van der Waals surface area contributed by atoms with Crippen molar-refractivity contribution < 1.29 is 9.59 Å². The molecule has 0 bridgehead atoms. The summed E-state index contributed by atoms with van der Waals surface area (Å²) in [6.45, 7) is 3.55. The molecule has 200 valence electrons. The van der Waals surface area contributed by atoms with Crippen molar-refractivity contribution in [2.24, 2.45) is 11.3 Å². The summed E-state index contributed by atoms with van der Waals surface area (Å²) in [4.78, 5) is 36.2. The molecule has 1 N–H and O–H groups in total. The van der Waals surface area contributed by atoms with Crippen LogP contribution in [0.3, 0.4) is 0 Å². The molecule has 3 aromatic rings. The molecule has 3 fully saturated rings. The fourth-order valence-corrected chi connectivity index (χ4v) is 5.34. The summed E-state index contributed by atoms with van der Waals surface area (Å²) in [5, 5.41) is 17.1. The molecule has 0 spiro atoms. The zero-order chi connectivity index (χ0) is 27.0. The predicted octanol–water partition coefficient (Wildman–Crippen LogP) is 5.23. The highest BCUT2D eigenvalue weighted by atomic mass is 16.2. The molecule has 3 heterocycles. The molecule has 1 amide bonds. The number of amides is 1. The van der Waals surface area contributed by atoms with Gasteiger partial charge in [0.2, 0.25) is 11.9 Å². The van der Waals surface area contributed by atoms with Gasteiger partial charge in [0.05, 0.1) is 35.1 Å². The molecule has 0 unspecified atom stereocenters. The minimum atomic E-state index is -0.263. The molecule has 1 aromatic carbocycles. The Labute approximate surface area is 228 Å². The van der Waals surface area contributed by atoms with Crippen LogP contribution in [-0.2, 0) is 4.79 Å². The van der Waals surface area contributed by atoms with Gasteiger partial charge in [0.1, 0.15) is 0 Å². The minimum absolute atomic E-state index is 0.0713. The van der Waals surface area contributed by atoms with Crippen molar-refractivity contribution in [1.29, 1.82) is 5.26 Å². The van der Waals surface area contributed by atoms with Crippen LogP contribution in [0.4, 0.5) is 11.6 Å². The molecule has 0 atom stereocenters. The quantitative estimate of drug-likeness (QED) is 0.382. The third kappa shape index (κ3) is 5.56. The maximum Gasteiger partial charge on any atom is 0.227 e. The van der Waals surface area contributed by atoms with E-state index in [0.717, 1.165) is 74.1 Å². The molecule has 2 saturated carbocycles. The number of aromatic nitrogens is 4. The van der Waals surface area contributed by atoms with Gasteiger partial charge < -0.3 is 10.2 Å². The van der Waals surface area contributed by atoms with Crippen molar-refractivity contribution in [1.82, 2.24) is 24.6 Å². The van der Waals surface area contributed by atoms with Gasteiger partial charge in [-0.15, -0.1) is 0 Å². The predicted molar refractivity (Wildman–Crippen MR) is 146 cm³/mol. The molecule has 6 rings (SSSR count). The molecule has 39 heavy (non-hydrogen) atoms. The lowest BCUT2D eigenvalue weighted by Crippen LogP contribution is -2.39. The maximum atomic E-state index is 12.6. The number of hydrogen-bond acceptors (Lipinski definition) is 7. The number of rotatable bonds is 9. The van der Waals surface area contributed by atoms with Gasteiger partial charge in [-0.05, 0) is 57.4 Å². The van der Waals surface area contributed by atoms with Gasteiger partial charge in [0.25, 0.3) is 0 Å². The van der Waals surface area contributed by atoms with Crippen molar-refractivity contribution in [3.8, 4) is 17.3 Å². The molecule has 1 aliphatic heterocycles. The average molecular weight is 524 g/mol. The molecule has 9 nitrogen and oxygen atoms in total. The number of hydrogen-bond donors (Lipinski definition) is 1. The van der Waals surface area contributed by atoms with Crippen LogP contribution < -0.4 is 5.32 Å². The normalized spacial score (nSPS) is 18.4. The zero-order valence-electron chi connectivity index (χ0n) is 22.3. The molecular weight excluding hydrogens is 490 g/mol. The van der Waals surface area contributed by atoms with E-state index in [2.05, 4.69) is 21.5 Å². The van der Waals surface area contributed by atoms with E-state index in [9.17, 15) is 14.9 Å². The van der Waals surface area contributed by atoms with E-state index in [-0.39, 0.29) is 23.2 Å². The summed E-state index contributed by atoms with van der Waals surface area (Å²) >= 11 is 0. The van der Waals surface area contributed by atoms with Crippen LogP contribution >= 0.6 is 0 Å². The third-order valence-electron chi connectivity index (χ3n) is 8.31. The second kappa shape index (κ2) is 10.3. The van der Waals surface area contributed by atoms with Crippen LogP contribution in [0.1, 0.15) is 73.3 Å². The number of carbonyl (C=O) groups is 2. The summed E-state index contributed by atoms with van der Waals surface area (Å²) < 4.78 is 1.98. The second-order valence-corrected chi connectivity index (χ2v) is 11.3. The Balaban J connectivity index is 1.08. The number of anilines is 2. The van der Waals surface area contributed by atoms with Crippen molar-refractivity contribution in [3.05, 3.63) is 54.0 Å².